The summed E-state index contributed by atoms with van der Waals surface area (Å²) in [5.74, 6) is 3.26. The van der Waals surface area contributed by atoms with E-state index in [2.05, 4.69) is 191 Å². The maximum absolute atomic E-state index is 5.79. The molecule has 0 atom stereocenters. The van der Waals surface area contributed by atoms with Gasteiger partial charge in [0.25, 0.3) is 0 Å². The maximum Gasteiger partial charge on any atom is 0.191 e. The van der Waals surface area contributed by atoms with E-state index in [1.54, 1.807) is 18.6 Å². The Balaban J connectivity index is 0.000000557. The Morgan fingerprint density at radius 3 is 1.10 bits per heavy atom. The van der Waals surface area contributed by atoms with Crippen molar-refractivity contribution in [3.63, 3.8) is 0 Å². The van der Waals surface area contributed by atoms with Crippen molar-refractivity contribution in [3.8, 4) is 0 Å². The molecule has 0 aliphatic heterocycles. The second-order valence-corrected chi connectivity index (χ2v) is 28.3. The van der Waals surface area contributed by atoms with Crippen LogP contribution < -0.4 is 34.4 Å². The van der Waals surface area contributed by atoms with Gasteiger partial charge in [-0.25, -0.2) is 0 Å². The third kappa shape index (κ3) is 22.3. The highest BCUT2D eigenvalue weighted by Gasteiger charge is 2.25. The van der Waals surface area contributed by atoms with E-state index in [1.807, 2.05) is 144 Å². The number of anilines is 6. The number of fused-ring (bicyclic) bond motifs is 6. The second kappa shape index (κ2) is 37.8. The minimum Gasteiger partial charge on any atom is -0.382 e. The lowest BCUT2D eigenvalue weighted by Gasteiger charge is -2.19. The van der Waals surface area contributed by atoms with Crippen LogP contribution in [0, 0.1) is 0 Å². The van der Waals surface area contributed by atoms with Crippen molar-refractivity contribution in [2.45, 2.75) is 240 Å². The van der Waals surface area contributed by atoms with Gasteiger partial charge in [0.1, 0.15) is 11.6 Å². The van der Waals surface area contributed by atoms with Gasteiger partial charge in [-0.3, -0.25) is 25.1 Å². The molecule has 528 valence electrons. The summed E-state index contributed by atoms with van der Waals surface area (Å²) in [6, 6.07) is 23.9. The summed E-state index contributed by atoms with van der Waals surface area (Å²) in [5, 5.41) is 27.2. The number of para-hydroxylation sites is 2. The van der Waals surface area contributed by atoms with Crippen molar-refractivity contribution in [2.75, 3.05) is 34.4 Å². The van der Waals surface area contributed by atoms with Crippen LogP contribution in [-0.4, -0.2) is 54.4 Å². The molecule has 3 aromatic carbocycles. The quantitative estimate of drug-likeness (QED) is 0.0699. The molecule has 9 heterocycles. The third-order valence-electron chi connectivity index (χ3n) is 13.6. The van der Waals surface area contributed by atoms with Crippen LogP contribution >= 0.6 is 23.1 Å². The molecular formula is C75H119N17O2S2. The predicted octanol–water partition coefficient (Wildman–Crippen LogP) is 21.0. The zero-order chi connectivity index (χ0) is 74.1. The van der Waals surface area contributed by atoms with Gasteiger partial charge in [0.15, 0.2) is 34.4 Å². The monoisotopic (exact) mass is 1350 g/mol. The van der Waals surface area contributed by atoms with Crippen LogP contribution in [0.5, 0.6) is 0 Å². The number of nitrogens with zero attached hydrogens (tertiary/aromatic N) is 9. The van der Waals surface area contributed by atoms with Gasteiger partial charge in [-0.2, -0.15) is 18.9 Å². The largest absolute Gasteiger partial charge is 0.382 e. The molecule has 21 heteroatoms. The Labute approximate surface area is 581 Å². The van der Waals surface area contributed by atoms with Crippen LogP contribution in [0.1, 0.15) is 241 Å². The van der Waals surface area contributed by atoms with Gasteiger partial charge in [-0.1, -0.05) is 254 Å². The Morgan fingerprint density at radius 2 is 0.646 bits per heavy atom. The first-order valence-corrected chi connectivity index (χ1v) is 35.2. The Morgan fingerprint density at radius 1 is 0.312 bits per heavy atom. The molecule has 0 fully saturated rings. The minimum absolute atomic E-state index is 0.00150. The van der Waals surface area contributed by atoms with Crippen LogP contribution in [0.3, 0.4) is 0 Å². The number of nitrogens with one attached hydrogen (secondary N) is 2. The summed E-state index contributed by atoms with van der Waals surface area (Å²) in [4.78, 5) is 13.1. The fraction of sp³-hybridized carbons (Fsp3) is 0.480. The van der Waals surface area contributed by atoms with E-state index in [4.69, 9.17) is 43.4 Å². The topological polar surface area (TPSA) is 330 Å². The number of hydrogen-bond donors (Lipinski definition) is 8. The van der Waals surface area contributed by atoms with Crippen LogP contribution in [0.2, 0.25) is 0 Å². The van der Waals surface area contributed by atoms with E-state index in [-0.39, 0.29) is 32.5 Å². The van der Waals surface area contributed by atoms with Crippen LogP contribution in [-0.2, 0) is 32.5 Å². The average Bonchev–Trinajstić information content (AvgIpc) is 1.67. The Bertz CT molecular complexity index is 3500. The van der Waals surface area contributed by atoms with Crippen molar-refractivity contribution in [1.82, 2.24) is 54.4 Å². The molecule has 14 N–H and O–H groups in total. The van der Waals surface area contributed by atoms with Gasteiger partial charge in [0, 0.05) is 61.9 Å². The summed E-state index contributed by atoms with van der Waals surface area (Å²) < 4.78 is 21.1. The first kappa shape index (κ1) is 85.6. The molecule has 12 aromatic rings. The Hall–Kier alpha value is -8.43. The molecule has 0 saturated heterocycles. The Kier molecular flexibility index (Phi) is 33.7. The lowest BCUT2D eigenvalue weighted by molar-refractivity contribution is 0.446. The maximum atomic E-state index is 5.79. The molecule has 0 bridgehead atoms. The molecular weight excluding hydrogens is 1240 g/mol. The molecule has 0 spiro atoms. The van der Waals surface area contributed by atoms with Gasteiger partial charge in [-0.05, 0) is 86.8 Å². The van der Waals surface area contributed by atoms with E-state index in [0.717, 1.165) is 76.3 Å². The summed E-state index contributed by atoms with van der Waals surface area (Å²) >= 11 is 2.92. The van der Waals surface area contributed by atoms with E-state index in [1.165, 1.54) is 38.9 Å². The van der Waals surface area contributed by atoms with E-state index in [9.17, 15) is 0 Å². The van der Waals surface area contributed by atoms with E-state index in [0.29, 0.717) is 40.5 Å². The summed E-state index contributed by atoms with van der Waals surface area (Å²) in [5.41, 5.74) is 44.8. The summed E-state index contributed by atoms with van der Waals surface area (Å²) in [6.45, 7) is 62.6. The minimum atomic E-state index is -0.0640. The number of aromatic nitrogens is 11. The molecule has 12 rings (SSSR count). The van der Waals surface area contributed by atoms with Crippen LogP contribution in [0.15, 0.2) is 100 Å². The van der Waals surface area contributed by atoms with Gasteiger partial charge in [-0.15, -0.1) is 0 Å². The molecule has 9 aromatic heterocycles. The first-order valence-electron chi connectivity index (χ1n) is 33.6. The molecule has 96 heavy (non-hydrogen) atoms. The zero-order valence-corrected chi connectivity index (χ0v) is 65.4. The zero-order valence-electron chi connectivity index (χ0n) is 63.8. The predicted molar refractivity (Wildman–Crippen MR) is 420 cm³/mol. The smallest absolute Gasteiger partial charge is 0.191 e. The number of rotatable bonds is 0. The molecule has 19 nitrogen and oxygen atoms in total. The fourth-order valence-corrected chi connectivity index (χ4v) is 11.2. The summed E-state index contributed by atoms with van der Waals surface area (Å²) in [7, 11) is 0. The highest BCUT2D eigenvalue weighted by molar-refractivity contribution is 7.14. The highest BCUT2D eigenvalue weighted by atomic mass is 32.1. The van der Waals surface area contributed by atoms with Crippen LogP contribution in [0.25, 0.3) is 63.9 Å². The SMILES string of the molecule is CC.CC.CC.CC.CC.CC.CC(C)(C)c1cccc2c(N)n[nH]c12.CC(C)(C)c1cccc2c(N)noc12.CC(C)(C)c1cccc2c(N)nsc12.CC(C)(C)c1nccc2c(N)n[nH]c12.CC(C)(C)c1nccc2c(N)noc12.CC(C)(C)c1nccc2c(N)nsc12. The second-order valence-electron chi connectivity index (χ2n) is 26.7. The van der Waals surface area contributed by atoms with E-state index >= 15 is 0 Å². The number of nitrogen functional groups attached to an aromatic ring is 6. The van der Waals surface area contributed by atoms with Crippen molar-refractivity contribution in [3.05, 3.63) is 125 Å². The number of hydrogen-bond acceptors (Lipinski definition) is 19. The number of aromatic amines is 2. The standard InChI is InChI=1S/C11H15N3.C11H14N2O.C11H14N2S.C10H14N4.C10H13N3O.C10H13N3S.6C2H6/c1-11(2,3)8-6-4-5-7-9(8)13-14-10(7)12;2*1-11(2,3)8-6-4-5-7-9(8)14-13-10(7)12;1-10(2,3)8-7-6(4-5-12-8)9(11)14-13-7;2*1-10(2,3)8-7-6(4-5-12-8)9(11)13-14-7;6*1-2/h4-6H,1-3H3,(H3,12,13,14);2*4-6H,1-3H3,(H2,12,13);4-5H,1-3H3,(H3,11,13,14);2*4-5H,1-3H3,(H2,11,13);6*1-2H3. The van der Waals surface area contributed by atoms with Gasteiger partial charge in [0.2, 0.25) is 0 Å². The molecule has 0 aliphatic rings. The van der Waals surface area contributed by atoms with Crippen molar-refractivity contribution in [2.24, 2.45) is 0 Å². The third-order valence-corrected chi connectivity index (χ3v) is 15.4. The summed E-state index contributed by atoms with van der Waals surface area (Å²) in [6.07, 6.45) is 5.30. The van der Waals surface area contributed by atoms with Crippen molar-refractivity contribution in [1.29, 1.82) is 0 Å². The van der Waals surface area contributed by atoms with Crippen LogP contribution in [0.4, 0.5) is 34.9 Å². The van der Waals surface area contributed by atoms with E-state index < -0.39 is 0 Å². The lowest BCUT2D eigenvalue weighted by atomic mass is 9.86. The van der Waals surface area contributed by atoms with Gasteiger partial charge < -0.3 is 43.4 Å². The number of H-pyrrole nitrogens is 2. The average molecular weight is 1360 g/mol. The fourth-order valence-electron chi connectivity index (χ4n) is 9.21. The molecule has 0 unspecified atom stereocenters. The number of benzene rings is 3. The molecule has 0 saturated carbocycles. The lowest BCUT2D eigenvalue weighted by Crippen LogP contribution is -2.13. The van der Waals surface area contributed by atoms with Gasteiger partial charge >= 0.3 is 0 Å². The van der Waals surface area contributed by atoms with Crippen molar-refractivity contribution < 1.29 is 9.05 Å². The number of nitrogens with two attached hydrogens (primary N) is 6. The highest BCUT2D eigenvalue weighted by Crippen LogP contribution is 2.37. The van der Waals surface area contributed by atoms with Gasteiger partial charge in [0.05, 0.1) is 48.3 Å². The number of pyridine rings is 3. The normalized spacial score (nSPS) is 11.1. The molecule has 0 aliphatic carbocycles. The molecule has 0 radical (unpaired) electrons. The van der Waals surface area contributed by atoms with Crippen molar-refractivity contribution >= 4 is 122 Å². The first-order chi connectivity index (χ1) is 45.0. The molecule has 0 amide bonds.